The Morgan fingerprint density at radius 3 is 2.59 bits per heavy atom. The van der Waals surface area contributed by atoms with Crippen molar-refractivity contribution in [3.05, 3.63) is 94.0 Å². The molecule has 0 aliphatic carbocycles. The van der Waals surface area contributed by atoms with Gasteiger partial charge in [-0.3, -0.25) is 4.79 Å². The lowest BCUT2D eigenvalue weighted by Gasteiger charge is -2.44. The van der Waals surface area contributed by atoms with Crippen LogP contribution in [0.2, 0.25) is 5.02 Å². The van der Waals surface area contributed by atoms with Gasteiger partial charge in [-0.05, 0) is 67.9 Å². The quantitative estimate of drug-likeness (QED) is 0.240. The molecule has 0 radical (unpaired) electrons. The van der Waals surface area contributed by atoms with Crippen LogP contribution in [-0.4, -0.2) is 46.2 Å². The molecule has 41 heavy (non-hydrogen) atoms. The Morgan fingerprint density at radius 1 is 1.12 bits per heavy atom. The molecule has 1 fully saturated rings. The Balaban J connectivity index is 1.68. The van der Waals surface area contributed by atoms with Crippen molar-refractivity contribution >= 4 is 23.6 Å². The zero-order chi connectivity index (χ0) is 29.6. The number of nitrogens with two attached hydrogens (primary N) is 1. The van der Waals surface area contributed by atoms with Crippen LogP contribution in [0.1, 0.15) is 54.9 Å². The van der Waals surface area contributed by atoms with Gasteiger partial charge in [0, 0.05) is 42.2 Å². The van der Waals surface area contributed by atoms with Crippen molar-refractivity contribution in [2.24, 2.45) is 11.7 Å². The summed E-state index contributed by atoms with van der Waals surface area (Å²) in [4.78, 5) is 26.6. The minimum atomic E-state index is -1.35. The van der Waals surface area contributed by atoms with Gasteiger partial charge >= 0.3 is 6.09 Å². The lowest BCUT2D eigenvalue weighted by atomic mass is 9.71. The second-order valence-electron chi connectivity index (χ2n) is 11.2. The van der Waals surface area contributed by atoms with Crippen molar-refractivity contribution in [2.45, 2.75) is 64.1 Å². The van der Waals surface area contributed by atoms with Crippen molar-refractivity contribution in [1.82, 2.24) is 10.2 Å². The number of carbonyl (C=O) groups excluding carboxylic acids is 1. The number of nitrogens with zero attached hydrogens (tertiary/aromatic N) is 1. The molecular weight excluding hydrogens is 538 g/mol. The number of benzene rings is 3. The average Bonchev–Trinajstić information content (AvgIpc) is 2.95. The average molecular weight is 578 g/mol. The van der Waals surface area contributed by atoms with E-state index in [1.54, 1.807) is 6.92 Å². The van der Waals surface area contributed by atoms with Crippen LogP contribution in [0.4, 0.5) is 4.79 Å². The second-order valence-corrected chi connectivity index (χ2v) is 11.6. The van der Waals surface area contributed by atoms with Crippen molar-refractivity contribution in [3.63, 3.8) is 0 Å². The van der Waals surface area contributed by atoms with Crippen LogP contribution in [0.25, 0.3) is 11.1 Å². The zero-order valence-corrected chi connectivity index (χ0v) is 24.5. The summed E-state index contributed by atoms with van der Waals surface area (Å²) in [6.45, 7) is 5.24. The molecule has 1 aliphatic rings. The normalized spacial score (nSPS) is 17.5. The van der Waals surface area contributed by atoms with Gasteiger partial charge in [0.15, 0.2) is 0 Å². The lowest BCUT2D eigenvalue weighted by molar-refractivity contribution is -0.136. The van der Waals surface area contributed by atoms with Gasteiger partial charge in [0.25, 0.3) is 0 Å². The fourth-order valence-corrected chi connectivity index (χ4v) is 6.29. The van der Waals surface area contributed by atoms with Gasteiger partial charge < -0.3 is 26.2 Å². The number of aliphatic hydroxyl groups is 1. The van der Waals surface area contributed by atoms with Crippen LogP contribution in [0.5, 0.6) is 0 Å². The standard InChI is InChI=1S/C33H40ClN3O4/c1-22-7-3-10-26(17-22)31-28(12-5-13-29(31)34)33(41,15-14-23(2)36-32(39)40)27-11-6-16-37(21-27)30(38)19-24-8-4-9-25(18-24)20-35/h3-5,7-10,12-13,17-18,23,27,36,41H,6,11,14-16,19-21,35H2,1-2H3,(H,39,40). The Labute approximate surface area is 247 Å². The fourth-order valence-electron chi connectivity index (χ4n) is 6.00. The summed E-state index contributed by atoms with van der Waals surface area (Å²) < 4.78 is 0. The fraction of sp³-hybridized carbons (Fsp3) is 0.394. The van der Waals surface area contributed by atoms with Gasteiger partial charge in [-0.15, -0.1) is 0 Å². The third kappa shape index (κ3) is 7.47. The van der Waals surface area contributed by atoms with Crippen LogP contribution in [0.15, 0.2) is 66.7 Å². The number of likely N-dealkylation sites (tertiary alicyclic amines) is 1. The largest absolute Gasteiger partial charge is 0.465 e. The van der Waals surface area contributed by atoms with Gasteiger partial charge in [0.2, 0.25) is 5.91 Å². The van der Waals surface area contributed by atoms with Crippen molar-refractivity contribution < 1.29 is 19.8 Å². The minimum absolute atomic E-state index is 0.0112. The molecule has 1 saturated heterocycles. The van der Waals surface area contributed by atoms with Crippen LogP contribution in [-0.2, 0) is 23.4 Å². The predicted octanol–water partition coefficient (Wildman–Crippen LogP) is 5.88. The molecule has 3 aromatic rings. The van der Waals surface area contributed by atoms with E-state index in [9.17, 15) is 19.8 Å². The molecule has 0 bridgehead atoms. The predicted molar refractivity (Wildman–Crippen MR) is 163 cm³/mol. The van der Waals surface area contributed by atoms with Gasteiger partial charge in [-0.25, -0.2) is 4.79 Å². The summed E-state index contributed by atoms with van der Waals surface area (Å²) in [7, 11) is 0. The SMILES string of the molecule is Cc1cccc(-c2c(Cl)cccc2C(O)(CCC(C)NC(=O)O)C2CCCN(C(=O)Cc3cccc(CN)c3)C2)c1. The van der Waals surface area contributed by atoms with Crippen molar-refractivity contribution in [3.8, 4) is 11.1 Å². The highest BCUT2D eigenvalue weighted by Crippen LogP contribution is 2.46. The third-order valence-corrected chi connectivity index (χ3v) is 8.46. The van der Waals surface area contributed by atoms with E-state index in [1.807, 2.05) is 78.6 Å². The first kappa shape index (κ1) is 30.6. The number of piperidine rings is 1. The molecule has 0 spiro atoms. The molecular formula is C33H40ClN3O4. The molecule has 7 nitrogen and oxygen atoms in total. The van der Waals surface area contributed by atoms with E-state index in [2.05, 4.69) is 5.32 Å². The number of halogens is 1. The first-order valence-corrected chi connectivity index (χ1v) is 14.6. The molecule has 3 atom stereocenters. The molecule has 8 heteroatoms. The van der Waals surface area contributed by atoms with E-state index < -0.39 is 11.7 Å². The smallest absolute Gasteiger partial charge is 0.404 e. The number of hydrogen-bond donors (Lipinski definition) is 4. The van der Waals surface area contributed by atoms with Crippen LogP contribution in [0, 0.1) is 12.8 Å². The maximum atomic E-state index is 13.5. The molecule has 4 rings (SSSR count). The maximum Gasteiger partial charge on any atom is 0.404 e. The number of aryl methyl sites for hydroxylation is 1. The van der Waals surface area contributed by atoms with E-state index in [0.29, 0.717) is 43.1 Å². The second kappa shape index (κ2) is 13.5. The molecule has 0 saturated carbocycles. The number of carboxylic acid groups (broad SMARTS) is 1. The summed E-state index contributed by atoms with van der Waals surface area (Å²) in [5.41, 5.74) is 9.79. The van der Waals surface area contributed by atoms with E-state index in [4.69, 9.17) is 17.3 Å². The molecule has 1 heterocycles. The number of carbonyl (C=O) groups is 2. The summed E-state index contributed by atoms with van der Waals surface area (Å²) in [6.07, 6.45) is 1.37. The molecule has 1 aliphatic heterocycles. The van der Waals surface area contributed by atoms with Crippen LogP contribution in [0.3, 0.4) is 0 Å². The third-order valence-electron chi connectivity index (χ3n) is 8.15. The van der Waals surface area contributed by atoms with Crippen LogP contribution < -0.4 is 11.1 Å². The Bertz CT molecular complexity index is 1380. The van der Waals surface area contributed by atoms with Crippen molar-refractivity contribution in [2.75, 3.05) is 13.1 Å². The van der Waals surface area contributed by atoms with Crippen molar-refractivity contribution in [1.29, 1.82) is 0 Å². The topological polar surface area (TPSA) is 116 Å². The molecule has 218 valence electrons. The van der Waals surface area contributed by atoms with E-state index in [1.165, 1.54) is 0 Å². The maximum absolute atomic E-state index is 13.5. The van der Waals surface area contributed by atoms with Gasteiger partial charge in [0.05, 0.1) is 12.0 Å². The summed E-state index contributed by atoms with van der Waals surface area (Å²) in [5, 5.41) is 25.0. The molecule has 0 aromatic heterocycles. The monoisotopic (exact) mass is 577 g/mol. The van der Waals surface area contributed by atoms with E-state index in [0.717, 1.165) is 40.7 Å². The number of amides is 2. The summed E-state index contributed by atoms with van der Waals surface area (Å²) >= 11 is 6.81. The Morgan fingerprint density at radius 2 is 1.85 bits per heavy atom. The lowest BCUT2D eigenvalue weighted by Crippen LogP contribution is -2.49. The van der Waals surface area contributed by atoms with E-state index >= 15 is 0 Å². The van der Waals surface area contributed by atoms with Gasteiger partial charge in [0.1, 0.15) is 0 Å². The molecule has 5 N–H and O–H groups in total. The number of nitrogens with one attached hydrogen (secondary N) is 1. The highest BCUT2D eigenvalue weighted by Gasteiger charge is 2.43. The first-order chi connectivity index (χ1) is 19.6. The highest BCUT2D eigenvalue weighted by molar-refractivity contribution is 6.33. The summed E-state index contributed by atoms with van der Waals surface area (Å²) in [5.74, 6) is -0.258. The van der Waals surface area contributed by atoms with Crippen LogP contribution >= 0.6 is 11.6 Å². The zero-order valence-electron chi connectivity index (χ0n) is 23.8. The Hall–Kier alpha value is -3.39. The van der Waals surface area contributed by atoms with Gasteiger partial charge in [-0.1, -0.05) is 77.8 Å². The Kier molecular flexibility index (Phi) is 10.1. The first-order valence-electron chi connectivity index (χ1n) is 14.2. The van der Waals surface area contributed by atoms with E-state index in [-0.39, 0.29) is 24.3 Å². The minimum Gasteiger partial charge on any atom is -0.465 e. The molecule has 3 aromatic carbocycles. The number of hydrogen-bond acceptors (Lipinski definition) is 4. The highest BCUT2D eigenvalue weighted by atomic mass is 35.5. The molecule has 3 unspecified atom stereocenters. The van der Waals surface area contributed by atoms with Gasteiger partial charge in [-0.2, -0.15) is 0 Å². The molecule has 2 amide bonds. The number of rotatable bonds is 10. The summed E-state index contributed by atoms with van der Waals surface area (Å²) in [6, 6.07) is 21.0.